The number of hydrogen-bond acceptors (Lipinski definition) is 7. The molecule has 1 aliphatic heterocycles. The van der Waals surface area contributed by atoms with Crippen LogP contribution in [0.15, 0.2) is 60.9 Å². The van der Waals surface area contributed by atoms with Gasteiger partial charge in [0.25, 0.3) is 0 Å². The summed E-state index contributed by atoms with van der Waals surface area (Å²) in [5.41, 5.74) is 6.47. The molecule has 0 spiro atoms. The summed E-state index contributed by atoms with van der Waals surface area (Å²) in [6, 6.07) is 16.7. The molecule has 1 N–H and O–H groups in total. The molecule has 224 valence electrons. The summed E-state index contributed by atoms with van der Waals surface area (Å²) in [7, 11) is 4.01. The third kappa shape index (κ3) is 9.03. The maximum Gasteiger partial charge on any atom is 0.222 e. The number of anilines is 1. The number of benzene rings is 2. The predicted molar refractivity (Wildman–Crippen MR) is 169 cm³/mol. The van der Waals surface area contributed by atoms with Gasteiger partial charge in [-0.25, -0.2) is 4.52 Å². The number of nitrogens with one attached hydrogen (secondary N) is 1. The number of carbonyl (C=O) groups is 1. The van der Waals surface area contributed by atoms with Gasteiger partial charge in [-0.3, -0.25) is 9.69 Å². The van der Waals surface area contributed by atoms with Crippen molar-refractivity contribution in [3.63, 3.8) is 0 Å². The number of fused-ring (bicyclic) bond motifs is 1. The normalized spacial score (nSPS) is 14.7. The first-order valence-corrected chi connectivity index (χ1v) is 14.7. The molecule has 1 saturated heterocycles. The van der Waals surface area contributed by atoms with E-state index in [1.807, 2.05) is 61.7 Å². The van der Waals surface area contributed by atoms with Crippen LogP contribution in [0.25, 0.3) is 16.8 Å². The molecule has 2 aliphatic rings. The van der Waals surface area contributed by atoms with E-state index >= 15 is 0 Å². The van der Waals surface area contributed by atoms with Crippen molar-refractivity contribution in [2.24, 2.45) is 0 Å². The molecule has 9 heteroatoms. The van der Waals surface area contributed by atoms with Crippen LogP contribution in [0.5, 0.6) is 11.6 Å². The van der Waals surface area contributed by atoms with E-state index in [-0.39, 0.29) is 0 Å². The molecule has 2 fully saturated rings. The van der Waals surface area contributed by atoms with Crippen LogP contribution >= 0.6 is 0 Å². The lowest BCUT2D eigenvalue weighted by Gasteiger charge is -2.25. The average molecular weight is 573 g/mol. The first-order chi connectivity index (χ1) is 20.4. The van der Waals surface area contributed by atoms with E-state index in [0.717, 1.165) is 60.9 Å². The fourth-order valence-corrected chi connectivity index (χ4v) is 4.45. The van der Waals surface area contributed by atoms with Crippen molar-refractivity contribution in [1.29, 1.82) is 0 Å². The lowest BCUT2D eigenvalue weighted by molar-refractivity contribution is -0.109. The van der Waals surface area contributed by atoms with E-state index in [2.05, 4.69) is 54.3 Å². The first-order valence-electron chi connectivity index (χ1n) is 14.7. The summed E-state index contributed by atoms with van der Waals surface area (Å²) in [6.45, 7) is 11.8. The number of aryl methyl sites for hydroxylation is 2. The quantitative estimate of drug-likeness (QED) is 0.279. The Hall–Kier alpha value is -3.95. The Bertz CT molecular complexity index is 1420. The molecule has 1 amide bonds. The van der Waals surface area contributed by atoms with Gasteiger partial charge in [0.1, 0.15) is 5.75 Å². The molecule has 2 aromatic carbocycles. The molecule has 6 rings (SSSR count). The van der Waals surface area contributed by atoms with E-state index in [1.165, 1.54) is 36.9 Å². The molecule has 0 unspecified atom stereocenters. The fraction of sp³-hybridized carbons (Fsp3) is 0.424. The van der Waals surface area contributed by atoms with Crippen molar-refractivity contribution in [3.05, 3.63) is 72.1 Å². The second kappa shape index (κ2) is 15.3. The standard InChI is InChI=1S/C22H22N4O.C7H15NO.C4H7NO/c1-15-8-9-17(12-16(15)2)20-14-23-26-11-10-21(24-22(20)26)27-19-7-5-6-18(13-19)25(3)4;1-2-3-8-4-6-9-7-5-8;6-3-5-4-1-2-4/h5-14H,1-4H3;2-7H2,1H3;3-4H,1-2H2,(H,5,6). The molecule has 2 aromatic heterocycles. The van der Waals surface area contributed by atoms with Crippen molar-refractivity contribution < 1.29 is 14.3 Å². The van der Waals surface area contributed by atoms with Crippen LogP contribution in [0.3, 0.4) is 0 Å². The Morgan fingerprint density at radius 1 is 1.07 bits per heavy atom. The highest BCUT2D eigenvalue weighted by molar-refractivity contribution is 5.77. The molecule has 0 radical (unpaired) electrons. The smallest absolute Gasteiger partial charge is 0.222 e. The molecule has 0 atom stereocenters. The Kier molecular flexibility index (Phi) is 11.3. The first kappa shape index (κ1) is 31.0. The van der Waals surface area contributed by atoms with Gasteiger partial charge < -0.3 is 19.7 Å². The summed E-state index contributed by atoms with van der Waals surface area (Å²) >= 11 is 0. The van der Waals surface area contributed by atoms with Crippen molar-refractivity contribution in [1.82, 2.24) is 24.8 Å². The van der Waals surface area contributed by atoms with Crippen molar-refractivity contribution >= 4 is 17.7 Å². The van der Waals surface area contributed by atoms with Gasteiger partial charge in [-0.1, -0.05) is 31.2 Å². The summed E-state index contributed by atoms with van der Waals surface area (Å²) < 4.78 is 13.0. The largest absolute Gasteiger partial charge is 0.439 e. The highest BCUT2D eigenvalue weighted by Gasteiger charge is 2.19. The van der Waals surface area contributed by atoms with E-state index in [1.54, 1.807) is 4.52 Å². The SMILES string of the molecule is CCCN1CCOCC1.Cc1ccc(-c2cnn3ccc(Oc4cccc(N(C)C)c4)nc23)cc1C.O=CNC1CC1. The predicted octanol–water partition coefficient (Wildman–Crippen LogP) is 5.49. The van der Waals surface area contributed by atoms with Crippen molar-refractivity contribution in [2.75, 3.05) is 51.8 Å². The van der Waals surface area contributed by atoms with Gasteiger partial charge in [-0.15, -0.1) is 0 Å². The van der Waals surface area contributed by atoms with E-state index in [9.17, 15) is 4.79 Å². The molecule has 1 saturated carbocycles. The van der Waals surface area contributed by atoms with Crippen LogP contribution in [0.2, 0.25) is 0 Å². The Labute approximate surface area is 249 Å². The lowest BCUT2D eigenvalue weighted by atomic mass is 10.0. The molecular formula is C33H44N6O3. The minimum Gasteiger partial charge on any atom is -0.439 e. The van der Waals surface area contributed by atoms with Gasteiger partial charge in [0, 0.05) is 62.8 Å². The summed E-state index contributed by atoms with van der Waals surface area (Å²) in [4.78, 5) is 18.7. The van der Waals surface area contributed by atoms with Gasteiger partial charge in [0.05, 0.1) is 19.4 Å². The topological polar surface area (TPSA) is 84.2 Å². The van der Waals surface area contributed by atoms with Gasteiger partial charge >= 0.3 is 0 Å². The molecule has 4 aromatic rings. The molecule has 1 aliphatic carbocycles. The van der Waals surface area contributed by atoms with Crippen molar-refractivity contribution in [3.8, 4) is 22.8 Å². The van der Waals surface area contributed by atoms with E-state index in [0.29, 0.717) is 11.9 Å². The van der Waals surface area contributed by atoms with E-state index < -0.39 is 0 Å². The number of nitrogens with zero attached hydrogens (tertiary/aromatic N) is 5. The molecule has 0 bridgehead atoms. The zero-order chi connectivity index (χ0) is 29.9. The number of ether oxygens (including phenoxy) is 2. The van der Waals surface area contributed by atoms with Crippen LogP contribution in [0.4, 0.5) is 5.69 Å². The number of aromatic nitrogens is 3. The molecular weight excluding hydrogens is 528 g/mol. The molecule has 3 heterocycles. The van der Waals surface area contributed by atoms with Gasteiger partial charge in [-0.2, -0.15) is 10.1 Å². The Morgan fingerprint density at radius 2 is 1.86 bits per heavy atom. The zero-order valence-electron chi connectivity index (χ0n) is 25.5. The van der Waals surface area contributed by atoms with Gasteiger partial charge in [0.15, 0.2) is 5.65 Å². The summed E-state index contributed by atoms with van der Waals surface area (Å²) in [5, 5.41) is 7.06. The minimum atomic E-state index is 0.530. The number of carbonyl (C=O) groups excluding carboxylic acids is 1. The van der Waals surface area contributed by atoms with Crippen LogP contribution in [0, 0.1) is 13.8 Å². The van der Waals surface area contributed by atoms with Crippen molar-refractivity contribution in [2.45, 2.75) is 46.1 Å². The number of rotatable bonds is 8. The fourth-order valence-electron chi connectivity index (χ4n) is 4.45. The maximum atomic E-state index is 9.54. The highest BCUT2D eigenvalue weighted by Crippen LogP contribution is 2.28. The highest BCUT2D eigenvalue weighted by atomic mass is 16.5. The second-order valence-electron chi connectivity index (χ2n) is 10.9. The zero-order valence-corrected chi connectivity index (χ0v) is 25.5. The van der Waals surface area contributed by atoms with Crippen LogP contribution in [-0.4, -0.2) is 78.9 Å². The monoisotopic (exact) mass is 572 g/mol. The molecule has 42 heavy (non-hydrogen) atoms. The number of amides is 1. The third-order valence-electron chi connectivity index (χ3n) is 7.24. The number of hydrogen-bond donors (Lipinski definition) is 1. The third-order valence-corrected chi connectivity index (χ3v) is 7.24. The van der Waals surface area contributed by atoms with Gasteiger partial charge in [0.2, 0.25) is 12.3 Å². The second-order valence-corrected chi connectivity index (χ2v) is 10.9. The Balaban J connectivity index is 0.000000220. The van der Waals surface area contributed by atoms with E-state index in [4.69, 9.17) is 14.5 Å². The van der Waals surface area contributed by atoms with Crippen LogP contribution in [0.1, 0.15) is 37.3 Å². The minimum absolute atomic E-state index is 0.530. The lowest BCUT2D eigenvalue weighted by Crippen LogP contribution is -2.36. The maximum absolute atomic E-state index is 9.54. The van der Waals surface area contributed by atoms with Crippen LogP contribution in [-0.2, 0) is 9.53 Å². The van der Waals surface area contributed by atoms with Crippen LogP contribution < -0.4 is 15.0 Å². The number of morpholine rings is 1. The van der Waals surface area contributed by atoms with Gasteiger partial charge in [-0.05, 0) is 68.5 Å². The summed E-state index contributed by atoms with van der Waals surface area (Å²) in [6.07, 6.45) is 8.11. The Morgan fingerprint density at radius 3 is 2.50 bits per heavy atom. The summed E-state index contributed by atoms with van der Waals surface area (Å²) in [5.74, 6) is 1.30. The molecule has 9 nitrogen and oxygen atoms in total. The average Bonchev–Trinajstić information content (AvgIpc) is 3.72.